The zero-order chi connectivity index (χ0) is 23.8. The number of nitrogens with zero attached hydrogens (tertiary/aromatic N) is 2. The number of benzene rings is 2. The van der Waals surface area contributed by atoms with Gasteiger partial charge in [-0.25, -0.2) is 13.4 Å². The number of aromatic nitrogens is 1. The van der Waals surface area contributed by atoms with Crippen molar-refractivity contribution in [3.8, 4) is 0 Å². The van der Waals surface area contributed by atoms with Crippen molar-refractivity contribution in [3.63, 3.8) is 0 Å². The number of thiazole rings is 1. The Balaban J connectivity index is 1.48. The molecule has 1 unspecified atom stereocenters. The van der Waals surface area contributed by atoms with Gasteiger partial charge in [-0.15, -0.1) is 11.3 Å². The van der Waals surface area contributed by atoms with E-state index in [4.69, 9.17) is 0 Å². The number of aryl methyl sites for hydroxylation is 1. The Labute approximate surface area is 198 Å². The molecular weight excluding hydrogens is 456 g/mol. The van der Waals surface area contributed by atoms with Crippen LogP contribution in [0.5, 0.6) is 0 Å². The van der Waals surface area contributed by atoms with Gasteiger partial charge in [0.2, 0.25) is 5.91 Å². The Kier molecular flexibility index (Phi) is 6.20. The molecule has 0 saturated heterocycles. The maximum Gasteiger partial charge on any atom is 0.263 e. The van der Waals surface area contributed by atoms with Gasteiger partial charge in [0, 0.05) is 28.5 Å². The highest BCUT2D eigenvalue weighted by Crippen LogP contribution is 2.43. The van der Waals surface area contributed by atoms with Crippen LogP contribution in [0.25, 0.3) is 0 Å². The molecule has 1 aliphatic heterocycles. The first-order valence-electron chi connectivity index (χ1n) is 10.8. The largest absolute Gasteiger partial charge is 0.357 e. The molecule has 0 fully saturated rings. The number of hydrogen-bond donors (Lipinski definition) is 2. The van der Waals surface area contributed by atoms with Crippen LogP contribution in [0.3, 0.4) is 0 Å². The molecule has 1 amide bonds. The second kappa shape index (κ2) is 8.79. The minimum absolute atomic E-state index is 0.103. The van der Waals surface area contributed by atoms with Gasteiger partial charge in [-0.3, -0.25) is 9.52 Å². The highest BCUT2D eigenvalue weighted by atomic mass is 32.2. The van der Waals surface area contributed by atoms with Crippen LogP contribution in [0.15, 0.2) is 58.9 Å². The molecule has 174 valence electrons. The summed E-state index contributed by atoms with van der Waals surface area (Å²) in [4.78, 5) is 19.2. The molecule has 9 heteroatoms. The molecule has 2 N–H and O–H groups in total. The topological polar surface area (TPSA) is 91.4 Å². The molecule has 4 rings (SSSR count). The Bertz CT molecular complexity index is 1250. The smallest absolute Gasteiger partial charge is 0.263 e. The summed E-state index contributed by atoms with van der Waals surface area (Å²) in [6.07, 6.45) is 2.49. The average molecular weight is 485 g/mol. The molecule has 7 nitrogen and oxygen atoms in total. The molecule has 0 aliphatic carbocycles. The quantitative estimate of drug-likeness (QED) is 0.515. The van der Waals surface area contributed by atoms with Gasteiger partial charge in [-0.05, 0) is 74.6 Å². The molecule has 1 atom stereocenters. The second-order valence-corrected chi connectivity index (χ2v) is 11.7. The van der Waals surface area contributed by atoms with Crippen molar-refractivity contribution < 1.29 is 13.2 Å². The van der Waals surface area contributed by atoms with Crippen molar-refractivity contribution in [1.82, 2.24) is 4.98 Å². The molecule has 3 aromatic rings. The third-order valence-electron chi connectivity index (χ3n) is 5.95. The lowest BCUT2D eigenvalue weighted by atomic mass is 9.79. The van der Waals surface area contributed by atoms with E-state index in [-0.39, 0.29) is 22.9 Å². The minimum atomic E-state index is -3.73. The summed E-state index contributed by atoms with van der Waals surface area (Å²) in [7, 11) is -3.73. The van der Waals surface area contributed by atoms with Crippen LogP contribution in [0.1, 0.15) is 44.2 Å². The van der Waals surface area contributed by atoms with Gasteiger partial charge in [0.05, 0.1) is 11.4 Å². The van der Waals surface area contributed by atoms with Crippen molar-refractivity contribution in [3.05, 3.63) is 65.2 Å². The molecule has 1 aromatic heterocycles. The van der Waals surface area contributed by atoms with Crippen LogP contribution in [-0.4, -0.2) is 31.4 Å². The van der Waals surface area contributed by atoms with Crippen molar-refractivity contribution in [2.24, 2.45) is 0 Å². The lowest BCUT2D eigenvalue weighted by Gasteiger charge is -2.47. The van der Waals surface area contributed by atoms with Gasteiger partial charge < -0.3 is 10.2 Å². The number of carbonyl (C=O) groups is 1. The van der Waals surface area contributed by atoms with E-state index in [1.807, 2.05) is 0 Å². The van der Waals surface area contributed by atoms with Gasteiger partial charge in [0.1, 0.15) is 0 Å². The first-order valence-corrected chi connectivity index (χ1v) is 13.1. The van der Waals surface area contributed by atoms with Gasteiger partial charge in [-0.1, -0.05) is 19.1 Å². The summed E-state index contributed by atoms with van der Waals surface area (Å²) >= 11 is 1.21. The Morgan fingerprint density at radius 3 is 2.61 bits per heavy atom. The highest BCUT2D eigenvalue weighted by molar-refractivity contribution is 7.93. The summed E-state index contributed by atoms with van der Waals surface area (Å²) < 4.78 is 27.4. The number of carbonyl (C=O) groups excluding carboxylic acids is 1. The standard InChI is InChI=1S/C24H28N4O3S2/c1-16-5-10-20-17(2)14-24(3,4)28(21(20)13-16)15-22(29)26-18-6-8-19(9-7-18)33(30,31)27-23-25-11-12-32-23/h5-13,17H,14-15H2,1-4H3,(H,25,27)(H,26,29). The van der Waals surface area contributed by atoms with Crippen LogP contribution < -0.4 is 14.9 Å². The normalized spacial score (nSPS) is 17.3. The number of nitrogens with one attached hydrogen (secondary N) is 2. The van der Waals surface area contributed by atoms with E-state index >= 15 is 0 Å². The summed E-state index contributed by atoms with van der Waals surface area (Å²) in [6, 6.07) is 12.5. The van der Waals surface area contributed by atoms with Gasteiger partial charge in [-0.2, -0.15) is 0 Å². The Morgan fingerprint density at radius 2 is 1.94 bits per heavy atom. The number of fused-ring (bicyclic) bond motifs is 1. The lowest BCUT2D eigenvalue weighted by Crippen LogP contribution is -2.51. The summed E-state index contributed by atoms with van der Waals surface area (Å²) in [6.45, 7) is 8.83. The fourth-order valence-corrected chi connectivity index (χ4v) is 6.20. The molecular formula is C24H28N4O3S2. The van der Waals surface area contributed by atoms with E-state index in [1.54, 1.807) is 17.5 Å². The zero-order valence-corrected chi connectivity index (χ0v) is 20.8. The number of anilines is 3. The predicted octanol–water partition coefficient (Wildman–Crippen LogP) is 4.98. The fraction of sp³-hybridized carbons (Fsp3) is 0.333. The molecule has 0 radical (unpaired) electrons. The van der Waals surface area contributed by atoms with E-state index in [1.165, 1.54) is 35.2 Å². The van der Waals surface area contributed by atoms with Gasteiger partial charge in [0.15, 0.2) is 5.13 Å². The van der Waals surface area contributed by atoms with Crippen LogP contribution >= 0.6 is 11.3 Å². The SMILES string of the molecule is Cc1ccc2c(c1)N(CC(=O)Nc1ccc(S(=O)(=O)Nc3nccs3)cc1)C(C)(C)CC2C. The van der Waals surface area contributed by atoms with Crippen LogP contribution in [0.4, 0.5) is 16.5 Å². The lowest BCUT2D eigenvalue weighted by molar-refractivity contribution is -0.115. The summed E-state index contributed by atoms with van der Waals surface area (Å²) in [5.41, 5.74) is 3.89. The number of sulfonamides is 1. The van der Waals surface area contributed by atoms with E-state index in [9.17, 15) is 13.2 Å². The summed E-state index contributed by atoms with van der Waals surface area (Å²) in [5, 5.41) is 4.90. The average Bonchev–Trinajstić information content (AvgIpc) is 3.23. The second-order valence-electron chi connectivity index (χ2n) is 9.08. The molecule has 33 heavy (non-hydrogen) atoms. The third-order valence-corrected chi connectivity index (χ3v) is 8.12. The highest BCUT2D eigenvalue weighted by Gasteiger charge is 2.37. The third kappa shape index (κ3) is 5.04. The Morgan fingerprint density at radius 1 is 1.21 bits per heavy atom. The van der Waals surface area contributed by atoms with Crippen LogP contribution in [-0.2, 0) is 14.8 Å². The van der Waals surface area contributed by atoms with Crippen LogP contribution in [0, 0.1) is 6.92 Å². The van der Waals surface area contributed by atoms with Gasteiger partial charge in [0.25, 0.3) is 10.0 Å². The molecule has 1 aliphatic rings. The molecule has 0 saturated carbocycles. The molecule has 2 aromatic carbocycles. The maximum absolute atomic E-state index is 12.9. The predicted molar refractivity (Wildman–Crippen MR) is 134 cm³/mol. The number of amides is 1. The zero-order valence-electron chi connectivity index (χ0n) is 19.1. The number of hydrogen-bond acceptors (Lipinski definition) is 6. The van der Waals surface area contributed by atoms with Crippen molar-refractivity contribution >= 4 is 43.8 Å². The number of rotatable bonds is 6. The molecule has 2 heterocycles. The Hall–Kier alpha value is -2.91. The maximum atomic E-state index is 12.9. The van der Waals surface area contributed by atoms with E-state index < -0.39 is 10.0 Å². The van der Waals surface area contributed by atoms with Crippen molar-refractivity contribution in [1.29, 1.82) is 0 Å². The van der Waals surface area contributed by atoms with Crippen LogP contribution in [0.2, 0.25) is 0 Å². The minimum Gasteiger partial charge on any atom is -0.357 e. The van der Waals surface area contributed by atoms with Crippen molar-refractivity contribution in [2.45, 2.75) is 50.5 Å². The van der Waals surface area contributed by atoms with E-state index in [2.05, 4.69) is 65.8 Å². The summed E-state index contributed by atoms with van der Waals surface area (Å²) in [5.74, 6) is 0.268. The first-order chi connectivity index (χ1) is 15.5. The first kappa shape index (κ1) is 23.3. The molecule has 0 spiro atoms. The fourth-order valence-electron chi connectivity index (χ4n) is 4.41. The van der Waals surface area contributed by atoms with E-state index in [0.29, 0.717) is 16.7 Å². The van der Waals surface area contributed by atoms with Gasteiger partial charge >= 0.3 is 0 Å². The molecule has 0 bridgehead atoms. The monoisotopic (exact) mass is 484 g/mol. The van der Waals surface area contributed by atoms with E-state index in [0.717, 1.165) is 17.7 Å². The van der Waals surface area contributed by atoms with Crippen molar-refractivity contribution in [2.75, 3.05) is 21.5 Å².